The van der Waals surface area contributed by atoms with Gasteiger partial charge in [0.1, 0.15) is 0 Å². The van der Waals surface area contributed by atoms with Crippen LogP contribution in [0.4, 0.5) is 0 Å². The molecule has 0 heterocycles. The van der Waals surface area contributed by atoms with Crippen molar-refractivity contribution in [3.63, 3.8) is 0 Å². The van der Waals surface area contributed by atoms with Crippen LogP contribution in [-0.2, 0) is 6.42 Å². The first kappa shape index (κ1) is 40.9. The van der Waals surface area contributed by atoms with E-state index in [2.05, 4.69) is 177 Å². The molecule has 0 amide bonds. The second-order valence-electron chi connectivity index (χ2n) is 14.7. The fourth-order valence-corrected chi connectivity index (χ4v) is 7.62. The summed E-state index contributed by atoms with van der Waals surface area (Å²) in [4.78, 5) is 0. The van der Waals surface area contributed by atoms with Crippen molar-refractivity contribution >= 4 is 61.2 Å². The van der Waals surface area contributed by atoms with Gasteiger partial charge in [-0.25, -0.2) is 0 Å². The van der Waals surface area contributed by atoms with Crippen LogP contribution in [0.2, 0.25) is 0 Å². The quantitative estimate of drug-likeness (QED) is 0.128. The van der Waals surface area contributed by atoms with Gasteiger partial charge in [0.15, 0.2) is 0 Å². The minimum atomic E-state index is 0.717. The Bertz CT molecular complexity index is 2620. The summed E-state index contributed by atoms with van der Waals surface area (Å²) in [6.45, 7) is 19.0. The third kappa shape index (κ3) is 9.69. The Balaban J connectivity index is 0.000000186. The van der Waals surface area contributed by atoms with E-state index in [9.17, 15) is 10.5 Å². The first-order chi connectivity index (χ1) is 26.3. The third-order valence-electron chi connectivity index (χ3n) is 10.6. The van der Waals surface area contributed by atoms with Crippen LogP contribution in [0.25, 0.3) is 32.3 Å². The second kappa shape index (κ2) is 18.4. The van der Waals surface area contributed by atoms with Crippen LogP contribution in [0, 0.1) is 85.0 Å². The summed E-state index contributed by atoms with van der Waals surface area (Å²) in [6, 6.07) is 47.0. The van der Waals surface area contributed by atoms with Crippen molar-refractivity contribution in [2.24, 2.45) is 0 Å². The molecule has 0 spiro atoms. The van der Waals surface area contributed by atoms with E-state index < -0.39 is 0 Å². The van der Waals surface area contributed by atoms with Gasteiger partial charge in [0.2, 0.25) is 0 Å². The van der Waals surface area contributed by atoms with Gasteiger partial charge in [0.05, 0.1) is 23.3 Å². The van der Waals surface area contributed by atoms with Crippen molar-refractivity contribution in [1.82, 2.24) is 0 Å². The third-order valence-corrected chi connectivity index (χ3v) is 12.8. The molecule has 0 aliphatic carbocycles. The maximum Gasteiger partial charge on any atom is -0.0395 e. The number of benzene rings is 8. The smallest absolute Gasteiger partial charge is 0.0395 e. The Kier molecular flexibility index (Phi) is 13.6. The van der Waals surface area contributed by atoms with Crippen molar-refractivity contribution in [2.45, 2.75) is 68.7 Å². The molecule has 8 aromatic carbocycles. The number of nitrogens with zero attached hydrogens (tertiary/aromatic N) is 2. The molecule has 0 bridgehead atoms. The molecule has 0 saturated heterocycles. The molecule has 3 radical (unpaired) electrons. The summed E-state index contributed by atoms with van der Waals surface area (Å²) in [5, 5.41) is 26.2. The van der Waals surface area contributed by atoms with Crippen molar-refractivity contribution in [1.29, 1.82) is 10.5 Å². The summed E-state index contributed by atoms with van der Waals surface area (Å²) < 4.78 is 1.51. The van der Waals surface area contributed by atoms with E-state index in [-0.39, 0.29) is 0 Å². The number of rotatable bonds is 2. The first-order valence-electron chi connectivity index (χ1n) is 18.8. The molecule has 8 rings (SSSR count). The summed E-state index contributed by atoms with van der Waals surface area (Å²) in [5.41, 5.74) is 15.6. The molecule has 0 fully saturated rings. The molecule has 0 unspecified atom stereocenters. The van der Waals surface area contributed by atoms with Gasteiger partial charge in [-0.1, -0.05) is 96.1 Å². The topological polar surface area (TPSA) is 47.6 Å². The van der Waals surface area contributed by atoms with E-state index in [4.69, 9.17) is 0 Å². The van der Waals surface area contributed by atoms with Crippen LogP contribution in [0.5, 0.6) is 0 Å². The summed E-state index contributed by atoms with van der Waals surface area (Å²) >= 11 is 1.18. The molecule has 0 aliphatic heterocycles. The van der Waals surface area contributed by atoms with Gasteiger partial charge in [0, 0.05) is 0 Å². The zero-order valence-electron chi connectivity index (χ0n) is 33.6. The average molecular weight is 909 g/mol. The first-order valence-corrected chi connectivity index (χ1v) is 20.7. The van der Waals surface area contributed by atoms with Crippen molar-refractivity contribution in [3.8, 4) is 12.1 Å². The number of aryl methyl sites for hydroxylation is 9. The minimum absolute atomic E-state index is 0.717. The molecule has 3 heteroatoms. The Labute approximate surface area is 344 Å². The molecule has 0 aliphatic rings. The Morgan fingerprint density at radius 1 is 0.455 bits per heavy atom. The van der Waals surface area contributed by atoms with Crippen LogP contribution in [0.15, 0.2) is 121 Å². The zero-order chi connectivity index (χ0) is 39.8. The monoisotopic (exact) mass is 909 g/mol. The second-order valence-corrected chi connectivity index (χ2v) is 16.8. The molecule has 0 aromatic heterocycles. The molecule has 0 atom stereocenters. The number of nitriles is 2. The van der Waals surface area contributed by atoms with Gasteiger partial charge in [-0.05, 0) is 151 Å². The summed E-state index contributed by atoms with van der Waals surface area (Å²) in [7, 11) is 0. The molecule has 55 heavy (non-hydrogen) atoms. The van der Waals surface area contributed by atoms with Crippen LogP contribution in [-0.4, -0.2) is 25.8 Å². The van der Waals surface area contributed by atoms with Gasteiger partial charge in [0.25, 0.3) is 0 Å². The largest absolute Gasteiger partial charge is 0.0620 e. The molecule has 271 valence electrons. The zero-order valence-corrected chi connectivity index (χ0v) is 37.5. The molecule has 2 nitrogen and oxygen atoms in total. The van der Waals surface area contributed by atoms with Gasteiger partial charge in [-0.15, -0.1) is 0 Å². The predicted octanol–water partition coefficient (Wildman–Crippen LogP) is 12.5. The summed E-state index contributed by atoms with van der Waals surface area (Å²) in [6.07, 6.45) is 0.728. The van der Waals surface area contributed by atoms with Crippen molar-refractivity contribution in [3.05, 3.63) is 194 Å². The van der Waals surface area contributed by atoms with Crippen molar-refractivity contribution in [2.75, 3.05) is 0 Å². The molecule has 0 saturated carbocycles. The SMILES string of the molecule is Cc1ccc(C)c(C)c1.Cc1ccc(Cc2c(C#N)cc3ccc4c(C)c(C#N)cc5ccc2c3c54)c(C)c1.Cc1cccc[c]1[Pb].Cc1ccccc1C. The van der Waals surface area contributed by atoms with Crippen molar-refractivity contribution < 1.29 is 0 Å². The maximum atomic E-state index is 9.92. The number of hydrogen-bond acceptors (Lipinski definition) is 2. The Hall–Kier alpha value is -5.30. The maximum absolute atomic E-state index is 9.92. The Morgan fingerprint density at radius 3 is 1.44 bits per heavy atom. The fraction of sp³-hybridized carbons (Fsp3) is 0.192. The normalized spacial score (nSPS) is 10.4. The molecular weight excluding hydrogens is 860 g/mol. The van der Waals surface area contributed by atoms with Crippen LogP contribution < -0.4 is 3.12 Å². The van der Waals surface area contributed by atoms with E-state index >= 15 is 0 Å². The minimum Gasteiger partial charge on any atom is -0.0620 e. The molecule has 0 N–H and O–H groups in total. The standard InChI is InChI=1S/C28H20N2.C9H12.C8H10.C7H7.Pb/c1-16-4-5-19(17(2)10-16)13-26-23(15-30)12-21-6-8-24-18(3)22(14-29)11-20-7-9-25(26)28(21)27(20)24;1-7-4-5-8(2)9(3)6-7;1-7-5-3-4-6-8(7)2;1-7-5-3-2-4-6-7;/h4-12H,13H2,1-3H3;4-6H,1-3H3;3-6H,1-2H3;2-5H,1H3;. The van der Waals surface area contributed by atoms with E-state index in [0.717, 1.165) is 44.7 Å². The van der Waals surface area contributed by atoms with Gasteiger partial charge < -0.3 is 0 Å². The Morgan fingerprint density at radius 2 is 0.945 bits per heavy atom. The van der Waals surface area contributed by atoms with Gasteiger partial charge in [-0.2, -0.15) is 10.5 Å². The fourth-order valence-electron chi connectivity index (χ4n) is 6.92. The average Bonchev–Trinajstić information content (AvgIpc) is 3.17. The van der Waals surface area contributed by atoms with E-state index in [1.807, 2.05) is 19.1 Å². The van der Waals surface area contributed by atoms with Gasteiger partial charge >= 0.3 is 65.6 Å². The van der Waals surface area contributed by atoms with E-state index in [1.165, 1.54) is 89.7 Å². The summed E-state index contributed by atoms with van der Waals surface area (Å²) in [5.74, 6) is 0. The van der Waals surface area contributed by atoms with Crippen LogP contribution >= 0.6 is 0 Å². The van der Waals surface area contributed by atoms with Gasteiger partial charge in [-0.3, -0.25) is 0 Å². The number of hydrogen-bond donors (Lipinski definition) is 0. The molecular formula is C52H49N2Pb. The van der Waals surface area contributed by atoms with Crippen LogP contribution in [0.3, 0.4) is 0 Å². The predicted molar refractivity (Wildman–Crippen MR) is 236 cm³/mol. The van der Waals surface area contributed by atoms with Crippen LogP contribution in [0.1, 0.15) is 72.3 Å². The van der Waals surface area contributed by atoms with E-state index in [1.54, 1.807) is 0 Å². The molecule has 8 aromatic rings. The van der Waals surface area contributed by atoms with E-state index in [0.29, 0.717) is 5.56 Å².